The fourth-order valence-corrected chi connectivity index (χ4v) is 1.17. The predicted octanol–water partition coefficient (Wildman–Crippen LogP) is 0.729. The number of carboxylic acids is 1. The molecule has 104 valence electrons. The van der Waals surface area contributed by atoms with Gasteiger partial charge >= 0.3 is 5.97 Å². The molecule has 0 radical (unpaired) electrons. The minimum absolute atomic E-state index is 0. The fraction of sp³-hybridized carbons (Fsp3) is 0.750. The van der Waals surface area contributed by atoms with Gasteiger partial charge in [0.2, 0.25) is 0 Å². The Hall–Kier alpha value is -0.240. The molecule has 0 bridgehead atoms. The average Bonchev–Trinajstić information content (AvgIpc) is 2.22. The molecule has 0 spiro atoms. The molecule has 0 aromatic heterocycles. The summed E-state index contributed by atoms with van der Waals surface area (Å²) in [5, 5.41) is 20.9. The van der Waals surface area contributed by atoms with Crippen LogP contribution in [0.2, 0.25) is 0 Å². The number of amidine groups is 1. The van der Waals surface area contributed by atoms with Gasteiger partial charge in [0, 0.05) is 12.3 Å². The molecule has 9 heteroatoms. The average molecular weight is 310 g/mol. The molecular formula is C8H18Cl2FN3O2S. The van der Waals surface area contributed by atoms with E-state index >= 15 is 0 Å². The molecule has 0 rings (SSSR count). The molecule has 5 nitrogen and oxygen atoms in total. The van der Waals surface area contributed by atoms with Crippen molar-refractivity contribution in [3.63, 3.8) is 0 Å². The summed E-state index contributed by atoms with van der Waals surface area (Å²) in [5.41, 5.74) is 0. The number of thiol groups is 1. The molecule has 4 N–H and O–H groups in total. The first kappa shape index (κ1) is 22.0. The first-order chi connectivity index (χ1) is 7.11. The Morgan fingerprint density at radius 2 is 2.00 bits per heavy atom. The van der Waals surface area contributed by atoms with E-state index in [1.807, 2.05) is 0 Å². The Morgan fingerprint density at radius 3 is 2.41 bits per heavy atom. The van der Waals surface area contributed by atoms with Crippen LogP contribution in [0.1, 0.15) is 6.42 Å². The third-order valence-electron chi connectivity index (χ3n) is 1.70. The van der Waals surface area contributed by atoms with E-state index in [1.54, 1.807) is 0 Å². The molecule has 0 saturated carbocycles. The Labute approximate surface area is 118 Å². The second kappa shape index (κ2) is 13.8. The summed E-state index contributed by atoms with van der Waals surface area (Å²) in [6, 6.07) is -0.658. The van der Waals surface area contributed by atoms with E-state index in [2.05, 4.69) is 23.3 Å². The Bertz CT molecular complexity index is 225. The van der Waals surface area contributed by atoms with Gasteiger partial charge in [-0.1, -0.05) is 0 Å². The minimum Gasteiger partial charge on any atom is -0.480 e. The Morgan fingerprint density at radius 1 is 1.41 bits per heavy atom. The number of rotatable bonds is 8. The highest BCUT2D eigenvalue weighted by atomic mass is 35.5. The van der Waals surface area contributed by atoms with E-state index in [0.717, 1.165) is 0 Å². The largest absolute Gasteiger partial charge is 0.480 e. The lowest BCUT2D eigenvalue weighted by molar-refractivity contribution is -0.138. The van der Waals surface area contributed by atoms with Crippen LogP contribution in [-0.4, -0.2) is 48.5 Å². The van der Waals surface area contributed by atoms with Crippen molar-refractivity contribution in [2.24, 2.45) is 0 Å². The quantitative estimate of drug-likeness (QED) is 0.198. The van der Waals surface area contributed by atoms with Crippen LogP contribution in [0.3, 0.4) is 0 Å². The van der Waals surface area contributed by atoms with Crippen molar-refractivity contribution in [3.05, 3.63) is 0 Å². The molecule has 0 aliphatic carbocycles. The molecule has 0 aliphatic rings. The van der Waals surface area contributed by atoms with E-state index in [1.165, 1.54) is 0 Å². The van der Waals surface area contributed by atoms with Gasteiger partial charge in [0.25, 0.3) is 0 Å². The number of alkyl halides is 1. The highest BCUT2D eigenvalue weighted by molar-refractivity contribution is 7.80. The predicted molar refractivity (Wildman–Crippen MR) is 74.1 cm³/mol. The second-order valence-corrected chi connectivity index (χ2v) is 3.29. The summed E-state index contributed by atoms with van der Waals surface area (Å²) < 4.78 is 11.8. The molecule has 0 saturated heterocycles. The maximum atomic E-state index is 11.8. The Kier molecular flexibility index (Phi) is 17.9. The van der Waals surface area contributed by atoms with Gasteiger partial charge in [-0.25, -0.2) is 4.39 Å². The van der Waals surface area contributed by atoms with Gasteiger partial charge < -0.3 is 15.7 Å². The van der Waals surface area contributed by atoms with Gasteiger partial charge in [-0.2, -0.15) is 12.6 Å². The second-order valence-electron chi connectivity index (χ2n) is 2.92. The van der Waals surface area contributed by atoms with Gasteiger partial charge in [0.15, 0.2) is 0 Å². The van der Waals surface area contributed by atoms with Crippen molar-refractivity contribution < 1.29 is 14.3 Å². The van der Waals surface area contributed by atoms with Crippen LogP contribution < -0.4 is 10.6 Å². The van der Waals surface area contributed by atoms with E-state index in [9.17, 15) is 9.18 Å². The van der Waals surface area contributed by atoms with E-state index in [4.69, 9.17) is 10.5 Å². The number of carbonyl (C=O) groups is 1. The van der Waals surface area contributed by atoms with Crippen LogP contribution in [0.25, 0.3) is 0 Å². The summed E-state index contributed by atoms with van der Waals surface area (Å²) in [6.07, 6.45) is 0.625. The highest BCUT2D eigenvalue weighted by Gasteiger charge is 2.13. The zero-order chi connectivity index (χ0) is 11.7. The van der Waals surface area contributed by atoms with Crippen LogP contribution in [0, 0.1) is 5.41 Å². The van der Waals surface area contributed by atoms with Crippen molar-refractivity contribution >= 4 is 49.2 Å². The molecule has 0 unspecified atom stereocenters. The molecule has 0 amide bonds. The molecular weight excluding hydrogens is 292 g/mol. The fourth-order valence-electron chi connectivity index (χ4n) is 0.881. The molecule has 0 aliphatic heterocycles. The molecule has 0 heterocycles. The SMILES string of the molecule is Cl.Cl.N=C(CF)NCCCN[C@@H](CS)C(=O)O. The normalized spacial score (nSPS) is 10.7. The highest BCUT2D eigenvalue weighted by Crippen LogP contribution is 1.88. The van der Waals surface area contributed by atoms with E-state index in [0.29, 0.717) is 19.5 Å². The van der Waals surface area contributed by atoms with Crippen LogP contribution in [-0.2, 0) is 4.79 Å². The molecule has 1 atom stereocenters. The lowest BCUT2D eigenvalue weighted by atomic mass is 10.3. The van der Waals surface area contributed by atoms with Crippen molar-refractivity contribution in [2.45, 2.75) is 12.5 Å². The topological polar surface area (TPSA) is 85.2 Å². The molecule has 0 aromatic carbocycles. The summed E-state index contributed by atoms with van der Waals surface area (Å²) >= 11 is 3.89. The first-order valence-corrected chi connectivity index (χ1v) is 5.19. The standard InChI is InChI=1S/C8H16FN3O2S.2ClH/c9-4-7(10)12-3-1-2-11-6(5-15)8(13)14;;/h6,11,15H,1-5H2,(H2,10,12)(H,13,14);2*1H/t6-;;/m0../s1. The summed E-state index contributed by atoms with van der Waals surface area (Å²) in [7, 11) is 0. The van der Waals surface area contributed by atoms with Crippen molar-refractivity contribution in [2.75, 3.05) is 25.5 Å². The van der Waals surface area contributed by atoms with Crippen molar-refractivity contribution in [1.82, 2.24) is 10.6 Å². The van der Waals surface area contributed by atoms with Crippen LogP contribution >= 0.6 is 37.4 Å². The van der Waals surface area contributed by atoms with Crippen molar-refractivity contribution in [1.29, 1.82) is 5.41 Å². The third kappa shape index (κ3) is 12.0. The summed E-state index contributed by atoms with van der Waals surface area (Å²) in [4.78, 5) is 10.5. The third-order valence-corrected chi connectivity index (χ3v) is 2.06. The minimum atomic E-state index is -0.936. The summed E-state index contributed by atoms with van der Waals surface area (Å²) in [6.45, 7) is 0.139. The zero-order valence-electron chi connectivity index (χ0n) is 9.11. The van der Waals surface area contributed by atoms with Crippen LogP contribution in [0.4, 0.5) is 4.39 Å². The van der Waals surface area contributed by atoms with Gasteiger partial charge in [-0.15, -0.1) is 24.8 Å². The number of hydrogen-bond acceptors (Lipinski definition) is 4. The van der Waals surface area contributed by atoms with Gasteiger partial charge in [0.1, 0.15) is 18.6 Å². The van der Waals surface area contributed by atoms with Gasteiger partial charge in [-0.05, 0) is 13.0 Å². The van der Waals surface area contributed by atoms with Crippen molar-refractivity contribution in [3.8, 4) is 0 Å². The monoisotopic (exact) mass is 309 g/mol. The van der Waals surface area contributed by atoms with Crippen LogP contribution in [0.5, 0.6) is 0 Å². The number of carboxylic acid groups (broad SMARTS) is 1. The number of nitrogens with one attached hydrogen (secondary N) is 3. The first-order valence-electron chi connectivity index (χ1n) is 4.56. The Balaban J connectivity index is -0.000000980. The smallest absolute Gasteiger partial charge is 0.321 e. The number of aliphatic carboxylic acids is 1. The molecule has 0 fully saturated rings. The lowest BCUT2D eigenvalue weighted by Crippen LogP contribution is -2.39. The maximum absolute atomic E-state index is 11.8. The van der Waals surface area contributed by atoms with Gasteiger partial charge in [0.05, 0.1) is 0 Å². The summed E-state index contributed by atoms with van der Waals surface area (Å²) in [5.74, 6) is -0.864. The lowest BCUT2D eigenvalue weighted by Gasteiger charge is -2.11. The number of halogens is 3. The molecule has 17 heavy (non-hydrogen) atoms. The number of hydrogen-bond donors (Lipinski definition) is 5. The van der Waals surface area contributed by atoms with Crippen LogP contribution in [0.15, 0.2) is 0 Å². The molecule has 0 aromatic rings. The van der Waals surface area contributed by atoms with E-state index in [-0.39, 0.29) is 36.4 Å². The van der Waals surface area contributed by atoms with E-state index < -0.39 is 18.7 Å². The maximum Gasteiger partial charge on any atom is 0.321 e. The van der Waals surface area contributed by atoms with Gasteiger partial charge in [-0.3, -0.25) is 10.2 Å². The zero-order valence-corrected chi connectivity index (χ0v) is 11.6.